The molecule has 2 unspecified atom stereocenters. The largest absolute Gasteiger partial charge is 0.444 e. The molecule has 0 saturated carbocycles. The summed E-state index contributed by atoms with van der Waals surface area (Å²) in [5, 5.41) is 2.77. The van der Waals surface area contributed by atoms with Crippen molar-refractivity contribution in [3.63, 3.8) is 0 Å². The molecule has 6 nitrogen and oxygen atoms in total. The molecule has 0 spiro atoms. The first-order chi connectivity index (χ1) is 10.8. The molecule has 128 valence electrons. The molecule has 0 aromatic heterocycles. The van der Waals surface area contributed by atoms with Crippen molar-refractivity contribution in [2.45, 2.75) is 51.4 Å². The van der Waals surface area contributed by atoms with Gasteiger partial charge in [-0.05, 0) is 51.3 Å². The van der Waals surface area contributed by atoms with Crippen LogP contribution >= 0.6 is 0 Å². The first-order valence-corrected chi connectivity index (χ1v) is 8.11. The number of anilines is 1. The number of amides is 1. The average molecular weight is 320 g/mol. The number of nitrogens with one attached hydrogen (secondary N) is 1. The molecule has 0 radical (unpaired) electrons. The van der Waals surface area contributed by atoms with Crippen LogP contribution in [0.3, 0.4) is 0 Å². The van der Waals surface area contributed by atoms with Crippen molar-refractivity contribution in [2.24, 2.45) is 11.5 Å². The number of nitrogens with zero attached hydrogens (tertiary/aromatic N) is 1. The molecule has 1 aromatic carbocycles. The summed E-state index contributed by atoms with van der Waals surface area (Å²) in [6.45, 7) is 6.95. The van der Waals surface area contributed by atoms with Gasteiger partial charge in [0.2, 0.25) is 0 Å². The number of hydrogen-bond donors (Lipinski definition) is 3. The maximum absolute atomic E-state index is 11.9. The Morgan fingerprint density at radius 2 is 2.22 bits per heavy atom. The molecule has 1 aromatic rings. The summed E-state index contributed by atoms with van der Waals surface area (Å²) in [5.74, 6) is 0. The summed E-state index contributed by atoms with van der Waals surface area (Å²) < 4.78 is 5.28. The van der Waals surface area contributed by atoms with Gasteiger partial charge in [0.15, 0.2) is 0 Å². The van der Waals surface area contributed by atoms with Crippen LogP contribution in [0.5, 0.6) is 0 Å². The zero-order chi connectivity index (χ0) is 17.0. The van der Waals surface area contributed by atoms with E-state index in [0.717, 1.165) is 24.9 Å². The zero-order valence-corrected chi connectivity index (χ0v) is 14.2. The van der Waals surface area contributed by atoms with Crippen molar-refractivity contribution >= 4 is 11.8 Å². The third kappa shape index (κ3) is 4.92. The van der Waals surface area contributed by atoms with Gasteiger partial charge in [-0.1, -0.05) is 12.1 Å². The maximum atomic E-state index is 11.9. The molecule has 1 aliphatic heterocycles. The van der Waals surface area contributed by atoms with Gasteiger partial charge in [0.05, 0.1) is 6.17 Å². The number of carbonyl (C=O) groups excluding carboxylic acids is 1. The molecule has 1 heterocycles. The van der Waals surface area contributed by atoms with Crippen LogP contribution in [0.2, 0.25) is 0 Å². The Morgan fingerprint density at radius 3 is 2.78 bits per heavy atom. The van der Waals surface area contributed by atoms with Gasteiger partial charge in [0.25, 0.3) is 0 Å². The van der Waals surface area contributed by atoms with Crippen LogP contribution in [0.4, 0.5) is 10.5 Å². The molecule has 5 N–H and O–H groups in total. The van der Waals surface area contributed by atoms with Crippen LogP contribution in [0.15, 0.2) is 24.3 Å². The van der Waals surface area contributed by atoms with E-state index in [9.17, 15) is 4.79 Å². The highest BCUT2D eigenvalue weighted by atomic mass is 16.6. The lowest BCUT2D eigenvalue weighted by Gasteiger charge is -2.30. The van der Waals surface area contributed by atoms with Crippen molar-refractivity contribution in [3.8, 4) is 0 Å². The van der Waals surface area contributed by atoms with Crippen molar-refractivity contribution in [1.29, 1.82) is 0 Å². The highest BCUT2D eigenvalue weighted by Crippen LogP contribution is 2.28. The van der Waals surface area contributed by atoms with Gasteiger partial charge in [0.1, 0.15) is 5.60 Å². The van der Waals surface area contributed by atoms with E-state index in [4.69, 9.17) is 16.2 Å². The lowest BCUT2D eigenvalue weighted by Crippen LogP contribution is -2.42. The lowest BCUT2D eigenvalue weighted by atomic mass is 10.0. The number of carbonyl (C=O) groups is 1. The quantitative estimate of drug-likeness (QED) is 0.792. The summed E-state index contributed by atoms with van der Waals surface area (Å²) in [6, 6.07) is 7.76. The summed E-state index contributed by atoms with van der Waals surface area (Å²) in [6.07, 6.45) is 1.67. The fraction of sp³-hybridized carbons (Fsp3) is 0.588. The van der Waals surface area contributed by atoms with Gasteiger partial charge in [-0.2, -0.15) is 0 Å². The minimum absolute atomic E-state index is 0.0472. The van der Waals surface area contributed by atoms with E-state index in [1.165, 1.54) is 0 Å². The third-order valence-electron chi connectivity index (χ3n) is 3.88. The molecular weight excluding hydrogens is 292 g/mol. The first-order valence-electron chi connectivity index (χ1n) is 8.11. The number of ether oxygens (including phenoxy) is 1. The lowest BCUT2D eigenvalue weighted by molar-refractivity contribution is 0.0636. The summed E-state index contributed by atoms with van der Waals surface area (Å²) >= 11 is 0. The van der Waals surface area contributed by atoms with Gasteiger partial charge < -0.3 is 16.2 Å². The number of nitrogens with two attached hydrogens (primary N) is 2. The van der Waals surface area contributed by atoms with E-state index < -0.39 is 11.7 Å². The summed E-state index contributed by atoms with van der Waals surface area (Å²) in [5.41, 5.74) is 13.4. The van der Waals surface area contributed by atoms with Gasteiger partial charge >= 0.3 is 6.09 Å². The minimum atomic E-state index is -0.524. The Kier molecular flexibility index (Phi) is 5.62. The molecule has 1 saturated heterocycles. The maximum Gasteiger partial charge on any atom is 0.412 e. The molecule has 1 aliphatic rings. The monoisotopic (exact) mass is 320 g/mol. The number of benzene rings is 1. The van der Waals surface area contributed by atoms with Gasteiger partial charge in [-0.3, -0.25) is 10.2 Å². The van der Waals surface area contributed by atoms with Crippen molar-refractivity contribution in [1.82, 2.24) is 4.90 Å². The van der Waals surface area contributed by atoms with E-state index >= 15 is 0 Å². The fourth-order valence-electron chi connectivity index (χ4n) is 2.91. The molecule has 0 aliphatic carbocycles. The SMILES string of the molecule is CC(C)(C)OC(=O)Nc1cccc(C(CN)N2CCCC2N)c1. The standard InChI is InChI=1S/C17H28N4O2/c1-17(2,3)23-16(22)20-13-7-4-6-12(10-13)14(11-18)21-9-5-8-15(21)19/h4,6-7,10,14-15H,5,8-9,11,18-19H2,1-3H3,(H,20,22). The third-order valence-corrected chi connectivity index (χ3v) is 3.88. The smallest absolute Gasteiger partial charge is 0.412 e. The highest BCUT2D eigenvalue weighted by Gasteiger charge is 2.28. The Labute approximate surface area is 138 Å². The van der Waals surface area contributed by atoms with Gasteiger partial charge in [0, 0.05) is 24.8 Å². The predicted molar refractivity (Wildman–Crippen MR) is 92.0 cm³/mol. The van der Waals surface area contributed by atoms with Crippen LogP contribution in [0.1, 0.15) is 45.2 Å². The Bertz CT molecular complexity index is 542. The second kappa shape index (κ2) is 7.29. The molecule has 1 fully saturated rings. The molecular formula is C17H28N4O2. The normalized spacial score (nSPS) is 20.3. The molecule has 0 bridgehead atoms. The van der Waals surface area contributed by atoms with Gasteiger partial charge in [-0.15, -0.1) is 0 Å². The number of hydrogen-bond acceptors (Lipinski definition) is 5. The molecule has 1 amide bonds. The number of rotatable bonds is 4. The fourth-order valence-corrected chi connectivity index (χ4v) is 2.91. The van der Waals surface area contributed by atoms with Crippen molar-refractivity contribution in [2.75, 3.05) is 18.4 Å². The van der Waals surface area contributed by atoms with E-state index in [2.05, 4.69) is 10.2 Å². The van der Waals surface area contributed by atoms with E-state index in [1.54, 1.807) is 0 Å². The Balaban J connectivity index is 2.10. The van der Waals surface area contributed by atoms with Crippen LogP contribution in [-0.2, 0) is 4.74 Å². The average Bonchev–Trinajstić information content (AvgIpc) is 2.84. The topological polar surface area (TPSA) is 93.6 Å². The summed E-state index contributed by atoms with van der Waals surface area (Å²) in [7, 11) is 0. The Morgan fingerprint density at radius 1 is 1.48 bits per heavy atom. The second-order valence-corrected chi connectivity index (χ2v) is 6.95. The second-order valence-electron chi connectivity index (χ2n) is 6.95. The van der Waals surface area contributed by atoms with Crippen molar-refractivity contribution in [3.05, 3.63) is 29.8 Å². The highest BCUT2D eigenvalue weighted by molar-refractivity contribution is 5.84. The molecule has 6 heteroatoms. The zero-order valence-electron chi connectivity index (χ0n) is 14.2. The first kappa shape index (κ1) is 17.7. The van der Waals surface area contributed by atoms with E-state index in [-0.39, 0.29) is 12.2 Å². The minimum Gasteiger partial charge on any atom is -0.444 e. The van der Waals surface area contributed by atoms with E-state index in [0.29, 0.717) is 12.2 Å². The van der Waals surface area contributed by atoms with E-state index in [1.807, 2.05) is 45.0 Å². The van der Waals surface area contributed by atoms with Crippen LogP contribution < -0.4 is 16.8 Å². The van der Waals surface area contributed by atoms with Crippen LogP contribution in [0, 0.1) is 0 Å². The summed E-state index contributed by atoms with van der Waals surface area (Å²) in [4.78, 5) is 14.1. The molecule has 23 heavy (non-hydrogen) atoms. The van der Waals surface area contributed by atoms with Crippen molar-refractivity contribution < 1.29 is 9.53 Å². The predicted octanol–water partition coefficient (Wildman–Crippen LogP) is 2.41. The van der Waals surface area contributed by atoms with Gasteiger partial charge in [-0.25, -0.2) is 4.79 Å². The van der Waals surface area contributed by atoms with Crippen LogP contribution in [-0.4, -0.2) is 35.8 Å². The number of likely N-dealkylation sites (tertiary alicyclic amines) is 1. The molecule has 2 atom stereocenters. The molecule has 2 rings (SSSR count). The Hall–Kier alpha value is -1.63. The van der Waals surface area contributed by atoms with Crippen LogP contribution in [0.25, 0.3) is 0 Å².